The highest BCUT2D eigenvalue weighted by atomic mass is 35.5. The average Bonchev–Trinajstić information content (AvgIpc) is 3.18. The molecule has 150 valence electrons. The monoisotopic (exact) mass is 418 g/mol. The van der Waals surface area contributed by atoms with E-state index in [-0.39, 0.29) is 6.03 Å². The SMILES string of the molecule is O=C(NC1CCCCC1)N1CCN(Cc2csc(-c3ccc(Cl)cc3)n2)CC1. The number of carbonyl (C=O) groups is 1. The highest BCUT2D eigenvalue weighted by Crippen LogP contribution is 2.26. The standard InChI is InChI=1S/C21H27ClN4OS/c22-17-8-6-16(7-9-17)20-23-19(15-28-20)14-25-10-12-26(13-11-25)21(27)24-18-4-2-1-3-5-18/h6-9,15,18H,1-5,10-14H2,(H,24,27). The number of rotatable bonds is 4. The normalized spacial score (nSPS) is 19.0. The van der Waals surface area contributed by atoms with Crippen LogP contribution in [0.15, 0.2) is 29.6 Å². The summed E-state index contributed by atoms with van der Waals surface area (Å²) in [5, 5.41) is 7.12. The summed E-state index contributed by atoms with van der Waals surface area (Å²) in [5.74, 6) is 0. The first-order valence-corrected chi connectivity index (χ1v) is 11.4. The third-order valence-electron chi connectivity index (χ3n) is 5.62. The van der Waals surface area contributed by atoms with Crippen molar-refractivity contribution in [2.45, 2.75) is 44.7 Å². The molecule has 4 rings (SSSR count). The van der Waals surface area contributed by atoms with Gasteiger partial charge in [-0.05, 0) is 25.0 Å². The van der Waals surface area contributed by atoms with Gasteiger partial charge in [-0.3, -0.25) is 4.90 Å². The molecule has 1 aromatic heterocycles. The fourth-order valence-electron chi connectivity index (χ4n) is 3.96. The second kappa shape index (κ2) is 9.25. The molecule has 28 heavy (non-hydrogen) atoms. The molecule has 2 fully saturated rings. The van der Waals surface area contributed by atoms with Crippen LogP contribution in [0.1, 0.15) is 37.8 Å². The lowest BCUT2D eigenvalue weighted by atomic mass is 9.96. The molecule has 1 aliphatic heterocycles. The second-order valence-corrected chi connectivity index (χ2v) is 8.99. The summed E-state index contributed by atoms with van der Waals surface area (Å²) in [4.78, 5) is 21.6. The summed E-state index contributed by atoms with van der Waals surface area (Å²) in [6.45, 7) is 4.19. The Morgan fingerprint density at radius 1 is 1.11 bits per heavy atom. The molecular weight excluding hydrogens is 392 g/mol. The van der Waals surface area contributed by atoms with Crippen molar-refractivity contribution >= 4 is 29.0 Å². The van der Waals surface area contributed by atoms with Crippen LogP contribution in [0.5, 0.6) is 0 Å². The van der Waals surface area contributed by atoms with Gasteiger partial charge in [0.15, 0.2) is 0 Å². The van der Waals surface area contributed by atoms with E-state index in [0.717, 1.165) is 66.9 Å². The third kappa shape index (κ3) is 5.04. The maximum atomic E-state index is 12.5. The van der Waals surface area contributed by atoms with Crippen molar-refractivity contribution in [1.82, 2.24) is 20.1 Å². The number of halogens is 1. The van der Waals surface area contributed by atoms with Crippen molar-refractivity contribution < 1.29 is 4.79 Å². The number of benzene rings is 1. The van der Waals surface area contributed by atoms with Gasteiger partial charge in [0.1, 0.15) is 5.01 Å². The van der Waals surface area contributed by atoms with Crippen molar-refractivity contribution in [2.24, 2.45) is 0 Å². The zero-order valence-corrected chi connectivity index (χ0v) is 17.6. The smallest absolute Gasteiger partial charge is 0.317 e. The van der Waals surface area contributed by atoms with Crippen LogP contribution in [0.2, 0.25) is 5.02 Å². The first-order chi connectivity index (χ1) is 13.7. The Morgan fingerprint density at radius 2 is 1.82 bits per heavy atom. The summed E-state index contributed by atoms with van der Waals surface area (Å²) in [6.07, 6.45) is 6.05. The molecule has 2 amide bonds. The van der Waals surface area contributed by atoms with Gasteiger partial charge in [-0.15, -0.1) is 11.3 Å². The van der Waals surface area contributed by atoms with Gasteiger partial charge in [0.25, 0.3) is 0 Å². The Balaban J connectivity index is 1.25. The summed E-state index contributed by atoms with van der Waals surface area (Å²) in [6, 6.07) is 8.31. The third-order valence-corrected chi connectivity index (χ3v) is 6.81. The highest BCUT2D eigenvalue weighted by Gasteiger charge is 2.24. The summed E-state index contributed by atoms with van der Waals surface area (Å²) < 4.78 is 0. The molecule has 2 aliphatic rings. The minimum Gasteiger partial charge on any atom is -0.335 e. The molecule has 5 nitrogen and oxygen atoms in total. The van der Waals surface area contributed by atoms with Crippen LogP contribution in [-0.2, 0) is 6.54 Å². The molecule has 0 bridgehead atoms. The number of piperazine rings is 1. The maximum Gasteiger partial charge on any atom is 0.317 e. The van der Waals surface area contributed by atoms with Crippen LogP contribution < -0.4 is 5.32 Å². The zero-order valence-electron chi connectivity index (χ0n) is 16.1. The zero-order chi connectivity index (χ0) is 19.3. The van der Waals surface area contributed by atoms with E-state index >= 15 is 0 Å². The van der Waals surface area contributed by atoms with E-state index in [0.29, 0.717) is 6.04 Å². The van der Waals surface area contributed by atoms with Crippen LogP contribution in [0, 0.1) is 0 Å². The largest absolute Gasteiger partial charge is 0.335 e. The van der Waals surface area contributed by atoms with E-state index < -0.39 is 0 Å². The van der Waals surface area contributed by atoms with Crippen LogP contribution in [-0.4, -0.2) is 53.0 Å². The van der Waals surface area contributed by atoms with Gasteiger partial charge in [-0.2, -0.15) is 0 Å². The molecule has 0 atom stereocenters. The topological polar surface area (TPSA) is 48.5 Å². The van der Waals surface area contributed by atoms with Gasteiger partial charge in [0.05, 0.1) is 5.69 Å². The molecule has 0 spiro atoms. The number of nitrogens with zero attached hydrogens (tertiary/aromatic N) is 3. The van der Waals surface area contributed by atoms with Crippen molar-refractivity contribution in [3.8, 4) is 10.6 Å². The van der Waals surface area contributed by atoms with E-state index in [4.69, 9.17) is 16.6 Å². The highest BCUT2D eigenvalue weighted by molar-refractivity contribution is 7.13. The lowest BCUT2D eigenvalue weighted by Crippen LogP contribution is -2.53. The van der Waals surface area contributed by atoms with Crippen LogP contribution in [0.3, 0.4) is 0 Å². The quantitative estimate of drug-likeness (QED) is 0.787. The number of hydrogen-bond acceptors (Lipinski definition) is 4. The molecule has 7 heteroatoms. The van der Waals surface area contributed by atoms with E-state index in [2.05, 4.69) is 15.6 Å². The average molecular weight is 419 g/mol. The lowest BCUT2D eigenvalue weighted by Gasteiger charge is -2.35. The van der Waals surface area contributed by atoms with E-state index in [1.54, 1.807) is 11.3 Å². The molecule has 1 aliphatic carbocycles. The summed E-state index contributed by atoms with van der Waals surface area (Å²) in [7, 11) is 0. The summed E-state index contributed by atoms with van der Waals surface area (Å²) >= 11 is 7.63. The van der Waals surface area contributed by atoms with E-state index in [9.17, 15) is 4.79 Å². The van der Waals surface area contributed by atoms with Crippen molar-refractivity contribution in [2.75, 3.05) is 26.2 Å². The predicted octanol–water partition coefficient (Wildman–Crippen LogP) is 4.62. The van der Waals surface area contributed by atoms with Gasteiger partial charge in [0, 0.05) is 54.7 Å². The number of urea groups is 1. The van der Waals surface area contributed by atoms with Gasteiger partial charge in [-0.1, -0.05) is 43.0 Å². The van der Waals surface area contributed by atoms with Gasteiger partial charge in [-0.25, -0.2) is 9.78 Å². The molecule has 2 heterocycles. The van der Waals surface area contributed by atoms with Gasteiger partial charge in [0.2, 0.25) is 0 Å². The number of carbonyl (C=O) groups excluding carboxylic acids is 1. The number of hydrogen-bond donors (Lipinski definition) is 1. The fraction of sp³-hybridized carbons (Fsp3) is 0.524. The molecule has 1 aromatic carbocycles. The second-order valence-electron chi connectivity index (χ2n) is 7.70. The Kier molecular flexibility index (Phi) is 6.50. The number of nitrogens with one attached hydrogen (secondary N) is 1. The molecule has 1 N–H and O–H groups in total. The lowest BCUT2D eigenvalue weighted by molar-refractivity contribution is 0.131. The van der Waals surface area contributed by atoms with Crippen LogP contribution in [0.4, 0.5) is 4.79 Å². The molecule has 1 saturated carbocycles. The molecule has 2 aromatic rings. The Hall–Kier alpha value is -1.63. The fourth-order valence-corrected chi connectivity index (χ4v) is 4.90. The van der Waals surface area contributed by atoms with Crippen molar-refractivity contribution in [1.29, 1.82) is 0 Å². The summed E-state index contributed by atoms with van der Waals surface area (Å²) in [5.41, 5.74) is 2.19. The first kappa shape index (κ1) is 19.7. The molecule has 0 radical (unpaired) electrons. The predicted molar refractivity (Wildman–Crippen MR) is 115 cm³/mol. The van der Waals surface area contributed by atoms with Gasteiger partial charge >= 0.3 is 6.03 Å². The van der Waals surface area contributed by atoms with E-state index in [1.807, 2.05) is 29.2 Å². The Bertz CT molecular complexity index is 780. The number of thiazole rings is 1. The Labute approximate surface area is 175 Å². The van der Waals surface area contributed by atoms with E-state index in [1.165, 1.54) is 19.3 Å². The van der Waals surface area contributed by atoms with Crippen LogP contribution >= 0.6 is 22.9 Å². The minimum absolute atomic E-state index is 0.116. The van der Waals surface area contributed by atoms with Gasteiger partial charge < -0.3 is 10.2 Å². The number of aromatic nitrogens is 1. The van der Waals surface area contributed by atoms with Crippen molar-refractivity contribution in [3.63, 3.8) is 0 Å². The molecule has 0 unspecified atom stereocenters. The first-order valence-electron chi connectivity index (χ1n) is 10.2. The maximum absolute atomic E-state index is 12.5. The minimum atomic E-state index is 0.116. The Morgan fingerprint density at radius 3 is 2.54 bits per heavy atom. The van der Waals surface area contributed by atoms with Crippen LogP contribution in [0.25, 0.3) is 10.6 Å². The van der Waals surface area contributed by atoms with Crippen molar-refractivity contribution in [3.05, 3.63) is 40.4 Å². The molecular formula is C21H27ClN4OS. The number of amides is 2. The molecule has 1 saturated heterocycles.